The molecule has 0 aliphatic rings. The summed E-state index contributed by atoms with van der Waals surface area (Å²) in [5.74, 6) is 0.116. The Balaban J connectivity index is 2.74. The van der Waals surface area contributed by atoms with Crippen molar-refractivity contribution in [3.63, 3.8) is 0 Å². The maximum Gasteiger partial charge on any atom is 0.290 e. The van der Waals surface area contributed by atoms with E-state index >= 15 is 0 Å². The lowest BCUT2D eigenvalue weighted by Crippen LogP contribution is -2.38. The number of unbranched alkanes of at least 4 members (excludes halogenated alkanes) is 1. The summed E-state index contributed by atoms with van der Waals surface area (Å²) in [6.45, 7) is 4.22. The first-order valence-electron chi connectivity index (χ1n) is 5.68. The molecule has 2 amide bonds. The number of nitrogens with zero attached hydrogens (tertiary/aromatic N) is 1. The van der Waals surface area contributed by atoms with Crippen LogP contribution >= 0.6 is 0 Å². The Bertz CT molecular complexity index is 398. The smallest absolute Gasteiger partial charge is 0.290 e. The molecular formula is C12H18N2O3. The van der Waals surface area contributed by atoms with Gasteiger partial charge in [-0.05, 0) is 25.5 Å². The van der Waals surface area contributed by atoms with E-state index in [9.17, 15) is 9.59 Å². The summed E-state index contributed by atoms with van der Waals surface area (Å²) < 4.78 is 5.24. The van der Waals surface area contributed by atoms with Crippen molar-refractivity contribution < 1.29 is 14.0 Å². The molecule has 1 rings (SSSR count). The van der Waals surface area contributed by atoms with Gasteiger partial charge in [-0.3, -0.25) is 9.59 Å². The van der Waals surface area contributed by atoms with E-state index < -0.39 is 5.91 Å². The minimum atomic E-state index is -0.516. The lowest BCUT2D eigenvalue weighted by molar-refractivity contribution is -0.118. The van der Waals surface area contributed by atoms with Gasteiger partial charge in [-0.2, -0.15) is 0 Å². The van der Waals surface area contributed by atoms with E-state index in [0.717, 1.165) is 12.8 Å². The van der Waals surface area contributed by atoms with Gasteiger partial charge in [0.15, 0.2) is 5.76 Å². The maximum absolute atomic E-state index is 12.0. The predicted molar refractivity (Wildman–Crippen MR) is 63.5 cm³/mol. The fourth-order valence-corrected chi connectivity index (χ4v) is 1.49. The van der Waals surface area contributed by atoms with Crippen LogP contribution in [0.15, 0.2) is 16.5 Å². The highest BCUT2D eigenvalue weighted by atomic mass is 16.3. The minimum absolute atomic E-state index is 0.0709. The molecule has 0 radical (unpaired) electrons. The molecular weight excluding hydrogens is 220 g/mol. The van der Waals surface area contributed by atoms with Crippen molar-refractivity contribution in [3.8, 4) is 0 Å². The van der Waals surface area contributed by atoms with E-state index in [2.05, 4.69) is 0 Å². The zero-order valence-electron chi connectivity index (χ0n) is 10.2. The van der Waals surface area contributed by atoms with Crippen molar-refractivity contribution in [2.45, 2.75) is 26.7 Å². The molecule has 0 bridgehead atoms. The molecule has 1 aromatic heterocycles. The summed E-state index contributed by atoms with van der Waals surface area (Å²) in [4.78, 5) is 24.4. The van der Waals surface area contributed by atoms with Crippen LogP contribution in [0, 0.1) is 6.92 Å². The number of amides is 2. The van der Waals surface area contributed by atoms with Crippen LogP contribution in [0.2, 0.25) is 0 Å². The summed E-state index contributed by atoms with van der Waals surface area (Å²) in [6.07, 6.45) is 1.78. The standard InChI is InChI=1S/C12H18N2O3/c1-3-4-7-14(8-11(13)15)12(16)10-6-5-9(2)17-10/h5-6H,3-4,7-8H2,1-2H3,(H2,13,15). The van der Waals surface area contributed by atoms with Gasteiger partial charge in [0.05, 0.1) is 6.54 Å². The first-order chi connectivity index (χ1) is 8.04. The second-order valence-electron chi connectivity index (χ2n) is 3.96. The van der Waals surface area contributed by atoms with E-state index in [0.29, 0.717) is 12.3 Å². The Morgan fingerprint density at radius 3 is 2.59 bits per heavy atom. The number of hydrogen-bond donors (Lipinski definition) is 1. The number of hydrogen-bond acceptors (Lipinski definition) is 3. The van der Waals surface area contributed by atoms with Gasteiger partial charge in [0.1, 0.15) is 5.76 Å². The van der Waals surface area contributed by atoms with Crippen molar-refractivity contribution in [1.82, 2.24) is 4.90 Å². The largest absolute Gasteiger partial charge is 0.456 e. The molecule has 0 aliphatic carbocycles. The molecule has 0 saturated carbocycles. The molecule has 94 valence electrons. The molecule has 5 heteroatoms. The molecule has 0 aliphatic heterocycles. The Hall–Kier alpha value is -1.78. The van der Waals surface area contributed by atoms with Gasteiger partial charge >= 0.3 is 0 Å². The predicted octanol–water partition coefficient (Wildman–Crippen LogP) is 1.32. The lowest BCUT2D eigenvalue weighted by Gasteiger charge is -2.19. The Labute approximate surface area is 101 Å². The Kier molecular flexibility index (Phi) is 4.75. The molecule has 0 unspecified atom stereocenters. The van der Waals surface area contributed by atoms with Crippen molar-refractivity contribution in [1.29, 1.82) is 0 Å². The van der Waals surface area contributed by atoms with Crippen LogP contribution in [-0.2, 0) is 4.79 Å². The monoisotopic (exact) mass is 238 g/mol. The number of carbonyl (C=O) groups is 2. The fourth-order valence-electron chi connectivity index (χ4n) is 1.49. The van der Waals surface area contributed by atoms with E-state index in [4.69, 9.17) is 10.2 Å². The van der Waals surface area contributed by atoms with Gasteiger partial charge in [-0.1, -0.05) is 13.3 Å². The third-order valence-corrected chi connectivity index (χ3v) is 2.37. The van der Waals surface area contributed by atoms with Crippen LogP contribution in [0.1, 0.15) is 36.1 Å². The molecule has 1 heterocycles. The van der Waals surface area contributed by atoms with E-state index in [-0.39, 0.29) is 18.2 Å². The zero-order chi connectivity index (χ0) is 12.8. The average molecular weight is 238 g/mol. The van der Waals surface area contributed by atoms with Crippen molar-refractivity contribution in [2.24, 2.45) is 5.73 Å². The van der Waals surface area contributed by atoms with Gasteiger partial charge in [-0.15, -0.1) is 0 Å². The highest BCUT2D eigenvalue weighted by molar-refractivity contribution is 5.94. The van der Waals surface area contributed by atoms with Crippen LogP contribution in [-0.4, -0.2) is 29.8 Å². The number of nitrogens with two attached hydrogens (primary N) is 1. The summed E-state index contributed by atoms with van der Waals surface area (Å²) in [5.41, 5.74) is 5.12. The molecule has 17 heavy (non-hydrogen) atoms. The third kappa shape index (κ3) is 3.94. The average Bonchev–Trinajstić information content (AvgIpc) is 2.69. The Morgan fingerprint density at radius 1 is 1.41 bits per heavy atom. The van der Waals surface area contributed by atoms with Gasteiger partial charge in [0.25, 0.3) is 5.91 Å². The number of aryl methyl sites for hydroxylation is 1. The molecule has 5 nitrogen and oxygen atoms in total. The SMILES string of the molecule is CCCCN(CC(N)=O)C(=O)c1ccc(C)o1. The van der Waals surface area contributed by atoms with Crippen molar-refractivity contribution in [2.75, 3.05) is 13.1 Å². The number of furan rings is 1. The van der Waals surface area contributed by atoms with Crippen LogP contribution in [0.25, 0.3) is 0 Å². The first kappa shape index (κ1) is 13.3. The van der Waals surface area contributed by atoms with E-state index in [1.807, 2.05) is 6.92 Å². The molecule has 0 atom stereocenters. The van der Waals surface area contributed by atoms with Gasteiger partial charge in [0, 0.05) is 6.54 Å². The minimum Gasteiger partial charge on any atom is -0.456 e. The molecule has 0 aromatic carbocycles. The lowest BCUT2D eigenvalue weighted by atomic mass is 10.3. The molecule has 0 spiro atoms. The summed E-state index contributed by atoms with van der Waals surface area (Å²) in [6, 6.07) is 3.33. The molecule has 0 fully saturated rings. The van der Waals surface area contributed by atoms with Crippen LogP contribution < -0.4 is 5.73 Å². The zero-order valence-corrected chi connectivity index (χ0v) is 10.2. The van der Waals surface area contributed by atoms with Crippen LogP contribution in [0.3, 0.4) is 0 Å². The van der Waals surface area contributed by atoms with Crippen LogP contribution in [0.4, 0.5) is 0 Å². The fraction of sp³-hybridized carbons (Fsp3) is 0.500. The number of carbonyl (C=O) groups excluding carboxylic acids is 2. The van der Waals surface area contributed by atoms with Gasteiger partial charge in [-0.25, -0.2) is 0 Å². The normalized spacial score (nSPS) is 10.2. The van der Waals surface area contributed by atoms with Gasteiger partial charge in [0.2, 0.25) is 5.91 Å². The second-order valence-corrected chi connectivity index (χ2v) is 3.96. The topological polar surface area (TPSA) is 76.5 Å². The van der Waals surface area contributed by atoms with E-state index in [1.165, 1.54) is 4.90 Å². The van der Waals surface area contributed by atoms with Crippen molar-refractivity contribution in [3.05, 3.63) is 23.7 Å². The quantitative estimate of drug-likeness (QED) is 0.811. The Morgan fingerprint density at radius 2 is 2.12 bits per heavy atom. The van der Waals surface area contributed by atoms with Gasteiger partial charge < -0.3 is 15.1 Å². The second kappa shape index (κ2) is 6.08. The maximum atomic E-state index is 12.0. The molecule has 2 N–H and O–H groups in total. The molecule has 0 saturated heterocycles. The number of primary amides is 1. The number of rotatable bonds is 6. The molecule has 1 aromatic rings. The van der Waals surface area contributed by atoms with Crippen molar-refractivity contribution >= 4 is 11.8 Å². The third-order valence-electron chi connectivity index (χ3n) is 2.37. The van der Waals surface area contributed by atoms with E-state index in [1.54, 1.807) is 19.1 Å². The first-order valence-corrected chi connectivity index (χ1v) is 5.68. The van der Waals surface area contributed by atoms with Crippen LogP contribution in [0.5, 0.6) is 0 Å². The summed E-state index contributed by atoms with van der Waals surface area (Å²) in [7, 11) is 0. The highest BCUT2D eigenvalue weighted by Gasteiger charge is 2.19. The summed E-state index contributed by atoms with van der Waals surface area (Å²) in [5, 5.41) is 0. The summed E-state index contributed by atoms with van der Waals surface area (Å²) >= 11 is 0. The highest BCUT2D eigenvalue weighted by Crippen LogP contribution is 2.10.